The molecule has 3 heterocycles. The Morgan fingerprint density at radius 2 is 2.00 bits per heavy atom. The topological polar surface area (TPSA) is 66.8 Å². The van der Waals surface area contributed by atoms with Crippen LogP contribution in [0.4, 0.5) is 11.6 Å². The normalized spacial score (nSPS) is 19.3. The predicted molar refractivity (Wildman–Crippen MR) is 86.0 cm³/mol. The number of hydrogen-bond acceptors (Lipinski definition) is 6. The molecule has 2 aromatic heterocycles. The molecule has 0 bridgehead atoms. The van der Waals surface area contributed by atoms with Gasteiger partial charge in [-0.05, 0) is 33.2 Å². The number of piperidine rings is 1. The highest BCUT2D eigenvalue weighted by molar-refractivity contribution is 5.48. The van der Waals surface area contributed by atoms with Crippen molar-refractivity contribution in [3.05, 3.63) is 36.7 Å². The molecule has 0 amide bonds. The molecule has 6 nitrogen and oxygen atoms in total. The third-order valence-corrected chi connectivity index (χ3v) is 4.07. The molecular weight excluding hydrogens is 276 g/mol. The van der Waals surface area contributed by atoms with Crippen molar-refractivity contribution in [1.82, 2.24) is 24.8 Å². The first kappa shape index (κ1) is 14.8. The van der Waals surface area contributed by atoms with Crippen molar-refractivity contribution >= 4 is 11.6 Å². The predicted octanol–water partition coefficient (Wildman–Crippen LogP) is 2.60. The van der Waals surface area contributed by atoms with E-state index in [4.69, 9.17) is 4.98 Å². The molecule has 0 spiro atoms. The molecule has 3 rings (SSSR count). The second-order valence-corrected chi connectivity index (χ2v) is 5.97. The van der Waals surface area contributed by atoms with Crippen molar-refractivity contribution in [2.75, 3.05) is 18.4 Å². The van der Waals surface area contributed by atoms with Crippen molar-refractivity contribution in [1.29, 1.82) is 0 Å². The summed E-state index contributed by atoms with van der Waals surface area (Å²) in [6.45, 7) is 6.74. The Morgan fingerprint density at radius 3 is 2.77 bits per heavy atom. The Morgan fingerprint density at radius 1 is 1.14 bits per heavy atom. The van der Waals surface area contributed by atoms with E-state index in [0.717, 1.165) is 18.1 Å². The van der Waals surface area contributed by atoms with E-state index >= 15 is 0 Å². The maximum absolute atomic E-state index is 4.72. The summed E-state index contributed by atoms with van der Waals surface area (Å²) < 4.78 is 0. The highest BCUT2D eigenvalue weighted by atomic mass is 15.2. The van der Waals surface area contributed by atoms with Gasteiger partial charge >= 0.3 is 0 Å². The van der Waals surface area contributed by atoms with Crippen molar-refractivity contribution < 1.29 is 0 Å². The summed E-state index contributed by atoms with van der Waals surface area (Å²) >= 11 is 0. The Bertz CT molecular complexity index is 601. The second kappa shape index (κ2) is 6.79. The van der Waals surface area contributed by atoms with E-state index < -0.39 is 0 Å². The van der Waals surface area contributed by atoms with Crippen molar-refractivity contribution in [3.8, 4) is 0 Å². The van der Waals surface area contributed by atoms with Gasteiger partial charge in [0.2, 0.25) is 0 Å². The van der Waals surface area contributed by atoms with Crippen LogP contribution in [0.15, 0.2) is 31.0 Å². The third kappa shape index (κ3) is 3.57. The van der Waals surface area contributed by atoms with Crippen molar-refractivity contribution in [3.63, 3.8) is 0 Å². The van der Waals surface area contributed by atoms with Crippen LogP contribution < -0.4 is 5.32 Å². The van der Waals surface area contributed by atoms with Crippen LogP contribution in [-0.2, 0) is 0 Å². The molecule has 0 saturated carbocycles. The highest BCUT2D eigenvalue weighted by Crippen LogP contribution is 2.27. The minimum absolute atomic E-state index is 0.451. The van der Waals surface area contributed by atoms with E-state index in [1.54, 1.807) is 24.8 Å². The van der Waals surface area contributed by atoms with Crippen LogP contribution in [0.5, 0.6) is 0 Å². The van der Waals surface area contributed by atoms with Crippen LogP contribution in [0.2, 0.25) is 0 Å². The summed E-state index contributed by atoms with van der Waals surface area (Å²) in [5.74, 6) is 1.85. The van der Waals surface area contributed by atoms with Crippen LogP contribution in [-0.4, -0.2) is 44.0 Å². The zero-order chi connectivity index (χ0) is 15.4. The van der Waals surface area contributed by atoms with Crippen molar-refractivity contribution in [2.24, 2.45) is 0 Å². The Balaban J connectivity index is 1.73. The Hall–Kier alpha value is -2.08. The highest BCUT2D eigenvalue weighted by Gasteiger charge is 2.24. The summed E-state index contributed by atoms with van der Waals surface area (Å²) in [5.41, 5.74) is 1.05. The minimum Gasteiger partial charge on any atom is -0.322 e. The first-order valence-corrected chi connectivity index (χ1v) is 7.81. The van der Waals surface area contributed by atoms with E-state index in [-0.39, 0.29) is 0 Å². The number of rotatable bonds is 4. The molecule has 1 fully saturated rings. The van der Waals surface area contributed by atoms with E-state index in [1.807, 2.05) is 6.20 Å². The molecule has 0 aromatic carbocycles. The number of nitrogens with zero attached hydrogens (tertiary/aromatic N) is 5. The number of anilines is 2. The average Bonchev–Trinajstić information content (AvgIpc) is 2.56. The van der Waals surface area contributed by atoms with Crippen LogP contribution in [0, 0.1) is 0 Å². The van der Waals surface area contributed by atoms with Gasteiger partial charge in [0.25, 0.3) is 0 Å². The number of nitrogens with one attached hydrogen (secondary N) is 1. The molecule has 6 heteroatoms. The van der Waals surface area contributed by atoms with Gasteiger partial charge in [-0.25, -0.2) is 9.97 Å². The lowest BCUT2D eigenvalue weighted by Gasteiger charge is -2.35. The molecule has 1 saturated heterocycles. The molecule has 0 radical (unpaired) electrons. The van der Waals surface area contributed by atoms with Crippen LogP contribution in [0.1, 0.15) is 38.3 Å². The van der Waals surface area contributed by atoms with E-state index in [0.29, 0.717) is 17.8 Å². The third-order valence-electron chi connectivity index (χ3n) is 4.07. The maximum Gasteiger partial charge on any atom is 0.150 e. The second-order valence-electron chi connectivity index (χ2n) is 5.97. The fraction of sp³-hybridized carbons (Fsp3) is 0.500. The quantitative estimate of drug-likeness (QED) is 0.936. The molecule has 1 unspecified atom stereocenters. The van der Waals surface area contributed by atoms with Crippen LogP contribution in [0.25, 0.3) is 0 Å². The average molecular weight is 298 g/mol. The summed E-state index contributed by atoms with van der Waals surface area (Å²) in [6, 6.07) is 0.580. The number of aromatic nitrogens is 4. The van der Waals surface area contributed by atoms with Gasteiger partial charge in [-0.1, -0.05) is 0 Å². The number of hydrogen-bond donors (Lipinski definition) is 1. The van der Waals surface area contributed by atoms with Crippen molar-refractivity contribution in [2.45, 2.75) is 38.6 Å². The van der Waals surface area contributed by atoms with E-state index in [9.17, 15) is 0 Å². The molecule has 2 aromatic rings. The fourth-order valence-corrected chi connectivity index (χ4v) is 2.85. The molecule has 1 aliphatic heterocycles. The fourth-order valence-electron chi connectivity index (χ4n) is 2.85. The van der Waals surface area contributed by atoms with E-state index in [1.165, 1.54) is 19.4 Å². The first-order valence-electron chi connectivity index (χ1n) is 7.81. The van der Waals surface area contributed by atoms with Gasteiger partial charge in [-0.15, -0.1) is 0 Å². The zero-order valence-electron chi connectivity index (χ0n) is 13.1. The summed E-state index contributed by atoms with van der Waals surface area (Å²) in [5, 5.41) is 3.16. The number of likely N-dealkylation sites (tertiary alicyclic amines) is 1. The molecule has 0 aliphatic carbocycles. The van der Waals surface area contributed by atoms with E-state index in [2.05, 4.69) is 39.0 Å². The van der Waals surface area contributed by atoms with Gasteiger partial charge in [-0.2, -0.15) is 0 Å². The lowest BCUT2D eigenvalue weighted by atomic mass is 9.94. The molecular formula is C16H22N6. The van der Waals surface area contributed by atoms with Gasteiger partial charge in [0.1, 0.15) is 11.6 Å². The Labute approximate surface area is 131 Å². The lowest BCUT2D eigenvalue weighted by molar-refractivity contribution is 0.166. The van der Waals surface area contributed by atoms with Gasteiger partial charge in [0.05, 0.1) is 18.1 Å². The van der Waals surface area contributed by atoms with Crippen LogP contribution in [0.3, 0.4) is 0 Å². The largest absolute Gasteiger partial charge is 0.322 e. The monoisotopic (exact) mass is 298 g/mol. The summed E-state index contributed by atoms with van der Waals surface area (Å²) in [4.78, 5) is 19.8. The zero-order valence-corrected chi connectivity index (χ0v) is 13.1. The maximum atomic E-state index is 4.72. The SMILES string of the molecule is CC(C)N1CCCC(c2cncc(Nc3cnccn3)n2)C1. The molecule has 1 N–H and O–H groups in total. The summed E-state index contributed by atoms with van der Waals surface area (Å²) in [6.07, 6.45) is 11.0. The summed E-state index contributed by atoms with van der Waals surface area (Å²) in [7, 11) is 0. The lowest BCUT2D eigenvalue weighted by Crippen LogP contribution is -2.39. The van der Waals surface area contributed by atoms with Gasteiger partial charge in [-0.3, -0.25) is 9.97 Å². The first-order chi connectivity index (χ1) is 10.7. The molecule has 116 valence electrons. The van der Waals surface area contributed by atoms with Gasteiger partial charge < -0.3 is 10.2 Å². The standard InChI is InChI=1S/C16H22N6/c1-12(2)22-7-3-4-13(11-22)14-8-18-10-16(20-14)21-15-9-17-5-6-19-15/h5-6,8-10,12-13H,3-4,7,11H2,1-2H3,(H,19,20,21). The minimum atomic E-state index is 0.451. The van der Waals surface area contributed by atoms with Gasteiger partial charge in [0.15, 0.2) is 0 Å². The van der Waals surface area contributed by atoms with Crippen LogP contribution >= 0.6 is 0 Å². The molecule has 1 aliphatic rings. The molecule has 1 atom stereocenters. The molecule has 22 heavy (non-hydrogen) atoms. The van der Waals surface area contributed by atoms with Gasteiger partial charge in [0, 0.05) is 37.1 Å². The Kier molecular flexibility index (Phi) is 4.58. The smallest absolute Gasteiger partial charge is 0.150 e.